The highest BCUT2D eigenvalue weighted by atomic mass is 32.1. The third-order valence-corrected chi connectivity index (χ3v) is 1.53. The highest BCUT2D eigenvalue weighted by Gasteiger charge is 2.24. The van der Waals surface area contributed by atoms with Crippen LogP contribution in [0.25, 0.3) is 0 Å². The molecule has 0 aromatic rings. The fraction of sp³-hybridized carbons (Fsp3) is 0.286. The van der Waals surface area contributed by atoms with Gasteiger partial charge in [0.1, 0.15) is 5.92 Å². The molecule has 0 spiro atoms. The summed E-state index contributed by atoms with van der Waals surface area (Å²) in [7, 11) is 0. The van der Waals surface area contributed by atoms with Gasteiger partial charge in [-0.25, -0.2) is 0 Å². The molecule has 0 aromatic carbocycles. The van der Waals surface area contributed by atoms with E-state index in [0.717, 1.165) is 6.08 Å². The van der Waals surface area contributed by atoms with Crippen molar-refractivity contribution in [3.05, 3.63) is 12.7 Å². The number of ketones is 1. The van der Waals surface area contributed by atoms with E-state index in [0.29, 0.717) is 0 Å². The minimum atomic E-state index is -1.21. The fourth-order valence-electron chi connectivity index (χ4n) is 0.626. The number of carboxylic acid groups (broad SMARTS) is 1. The molecule has 0 aliphatic carbocycles. The first-order valence-electron chi connectivity index (χ1n) is 3.10. The molecule has 74 valence electrons. The normalized spacial score (nSPS) is 10.8. The minimum Gasteiger partial charge on any atom is -0.481 e. The zero-order valence-electron chi connectivity index (χ0n) is 6.90. The molecular weight excluding hydrogens is 194 g/mol. The molecule has 0 amide bonds. The molecule has 0 aliphatic rings. The van der Waals surface area contributed by atoms with E-state index in [4.69, 9.17) is 5.11 Å². The van der Waals surface area contributed by atoms with Crippen molar-refractivity contribution in [3.63, 3.8) is 0 Å². The van der Waals surface area contributed by atoms with Crippen LogP contribution in [-0.4, -0.2) is 22.0 Å². The Labute approximate surface area is 80.8 Å². The molecule has 0 bridgehead atoms. The highest BCUT2D eigenvalue weighted by molar-refractivity contribution is 7.96. The molecule has 5 nitrogen and oxygen atoms in total. The molecule has 6 heteroatoms. The number of hydrogen-bond acceptors (Lipinski definition) is 4. The molecule has 0 saturated carbocycles. The topological polar surface area (TPSA) is 106 Å². The second kappa shape index (κ2) is 6.38. The van der Waals surface area contributed by atoms with Crippen LogP contribution in [0.4, 0.5) is 0 Å². The van der Waals surface area contributed by atoms with Gasteiger partial charge in [-0.1, -0.05) is 6.58 Å². The zero-order chi connectivity index (χ0) is 9.72. The third kappa shape index (κ3) is 5.15. The van der Waals surface area contributed by atoms with E-state index in [1.54, 1.807) is 0 Å². The van der Waals surface area contributed by atoms with Crippen LogP contribution in [0.1, 0.15) is 6.42 Å². The van der Waals surface area contributed by atoms with Crippen molar-refractivity contribution in [1.29, 1.82) is 0 Å². The maximum Gasteiger partial charge on any atom is 0.304 e. The Kier molecular flexibility index (Phi) is 7.07. The van der Waals surface area contributed by atoms with Gasteiger partial charge in [0.15, 0.2) is 10.9 Å². The Morgan fingerprint density at radius 1 is 1.46 bits per heavy atom. The summed E-state index contributed by atoms with van der Waals surface area (Å²) in [6.07, 6.45) is 0.384. The van der Waals surface area contributed by atoms with Crippen LogP contribution in [0, 0.1) is 5.92 Å². The quantitative estimate of drug-likeness (QED) is 0.343. The standard InChI is InChI=1S/C7H8O4S.H3N/c1-2-5(8)4(7(11)12)3-6(9)10;/h2,4H,1,3H2,(H,9,10)(H,11,12);1H3. The SMILES string of the molecule is C=CC(=O)C(CC(=O)O)C(=O)S.N. The van der Waals surface area contributed by atoms with Crippen molar-refractivity contribution in [2.45, 2.75) is 6.42 Å². The predicted octanol–water partition coefficient (Wildman–Crippen LogP) is 0.451. The van der Waals surface area contributed by atoms with Crippen LogP contribution >= 0.6 is 12.6 Å². The van der Waals surface area contributed by atoms with Crippen LogP contribution in [0.15, 0.2) is 12.7 Å². The summed E-state index contributed by atoms with van der Waals surface area (Å²) in [5.41, 5.74) is 0. The molecule has 0 radical (unpaired) electrons. The molecule has 0 saturated heterocycles. The fourth-order valence-corrected chi connectivity index (χ4v) is 0.845. The molecule has 0 fully saturated rings. The number of hydrogen-bond donors (Lipinski definition) is 3. The first kappa shape index (κ1) is 14.4. The molecule has 1 atom stereocenters. The van der Waals surface area contributed by atoms with Gasteiger partial charge in [-0.3, -0.25) is 14.4 Å². The number of carbonyl (C=O) groups is 3. The van der Waals surface area contributed by atoms with E-state index in [-0.39, 0.29) is 6.15 Å². The number of allylic oxidation sites excluding steroid dienone is 1. The maximum absolute atomic E-state index is 10.8. The number of carboxylic acids is 1. The average molecular weight is 205 g/mol. The van der Waals surface area contributed by atoms with Gasteiger partial charge in [0.05, 0.1) is 6.42 Å². The number of thiol groups is 1. The van der Waals surface area contributed by atoms with Gasteiger partial charge in [0.25, 0.3) is 0 Å². The van der Waals surface area contributed by atoms with E-state index in [2.05, 4.69) is 19.2 Å². The molecule has 0 aromatic heterocycles. The lowest BCUT2D eigenvalue weighted by Crippen LogP contribution is -2.21. The van der Waals surface area contributed by atoms with E-state index in [9.17, 15) is 14.4 Å². The van der Waals surface area contributed by atoms with Crippen molar-refractivity contribution in [3.8, 4) is 0 Å². The summed E-state index contributed by atoms with van der Waals surface area (Å²) in [4.78, 5) is 31.6. The minimum absolute atomic E-state index is 0. The second-order valence-electron chi connectivity index (χ2n) is 2.10. The smallest absolute Gasteiger partial charge is 0.304 e. The zero-order valence-corrected chi connectivity index (χ0v) is 7.79. The van der Waals surface area contributed by atoms with E-state index >= 15 is 0 Å². The molecular formula is C7H11NO4S. The van der Waals surface area contributed by atoms with Crippen LogP contribution in [0.5, 0.6) is 0 Å². The van der Waals surface area contributed by atoms with Crippen molar-refractivity contribution in [2.75, 3.05) is 0 Å². The Bertz CT molecular complexity index is 239. The first-order chi connectivity index (χ1) is 5.49. The van der Waals surface area contributed by atoms with Gasteiger partial charge in [0.2, 0.25) is 0 Å². The Morgan fingerprint density at radius 3 is 2.15 bits per heavy atom. The third-order valence-electron chi connectivity index (χ3n) is 1.22. The van der Waals surface area contributed by atoms with Crippen LogP contribution in [0.3, 0.4) is 0 Å². The van der Waals surface area contributed by atoms with Crippen molar-refractivity contribution >= 4 is 29.5 Å². The van der Waals surface area contributed by atoms with Gasteiger partial charge >= 0.3 is 5.97 Å². The van der Waals surface area contributed by atoms with Gasteiger partial charge in [-0.05, 0) is 6.08 Å². The lowest BCUT2D eigenvalue weighted by atomic mass is 10.0. The molecule has 13 heavy (non-hydrogen) atoms. The van der Waals surface area contributed by atoms with Crippen LogP contribution in [0.2, 0.25) is 0 Å². The second-order valence-corrected chi connectivity index (χ2v) is 2.54. The van der Waals surface area contributed by atoms with Gasteiger partial charge < -0.3 is 11.3 Å². The first-order valence-corrected chi connectivity index (χ1v) is 3.54. The molecule has 0 rings (SSSR count). The summed E-state index contributed by atoms with van der Waals surface area (Å²) in [6.45, 7) is 3.14. The van der Waals surface area contributed by atoms with Crippen LogP contribution in [-0.2, 0) is 14.4 Å². The summed E-state index contributed by atoms with van der Waals surface area (Å²) in [5, 5.41) is 7.56. The Hall–Kier alpha value is -1.14. The number of aliphatic carboxylic acids is 1. The van der Waals surface area contributed by atoms with Gasteiger partial charge in [0, 0.05) is 0 Å². The molecule has 0 aliphatic heterocycles. The maximum atomic E-state index is 10.8. The van der Waals surface area contributed by atoms with Gasteiger partial charge in [-0.2, -0.15) is 0 Å². The molecule has 1 unspecified atom stereocenters. The predicted molar refractivity (Wildman–Crippen MR) is 50.0 cm³/mol. The monoisotopic (exact) mass is 205 g/mol. The van der Waals surface area contributed by atoms with E-state index < -0.39 is 29.2 Å². The highest BCUT2D eigenvalue weighted by Crippen LogP contribution is 2.09. The number of carbonyl (C=O) groups excluding carboxylic acids is 2. The van der Waals surface area contributed by atoms with E-state index in [1.165, 1.54) is 0 Å². The Balaban J connectivity index is 0. The summed E-state index contributed by atoms with van der Waals surface area (Å²) in [6, 6.07) is 0. The van der Waals surface area contributed by atoms with Crippen molar-refractivity contribution in [1.82, 2.24) is 6.15 Å². The van der Waals surface area contributed by atoms with Gasteiger partial charge in [-0.15, -0.1) is 12.6 Å². The summed E-state index contributed by atoms with van der Waals surface area (Å²) in [5.74, 6) is -3.03. The lowest BCUT2D eigenvalue weighted by molar-refractivity contribution is -0.141. The molecule has 0 heterocycles. The number of rotatable bonds is 5. The Morgan fingerprint density at radius 2 is 1.92 bits per heavy atom. The summed E-state index contributed by atoms with van der Waals surface area (Å²) < 4.78 is 0. The largest absolute Gasteiger partial charge is 0.481 e. The summed E-state index contributed by atoms with van der Waals surface area (Å²) >= 11 is 3.39. The molecule has 4 N–H and O–H groups in total. The lowest BCUT2D eigenvalue weighted by Gasteiger charge is -2.04. The van der Waals surface area contributed by atoms with Crippen molar-refractivity contribution < 1.29 is 19.5 Å². The van der Waals surface area contributed by atoms with Crippen LogP contribution < -0.4 is 6.15 Å². The van der Waals surface area contributed by atoms with E-state index in [1.807, 2.05) is 0 Å². The van der Waals surface area contributed by atoms with Crippen molar-refractivity contribution in [2.24, 2.45) is 5.92 Å². The average Bonchev–Trinajstić information content (AvgIpc) is 1.98.